The average molecular weight is 538 g/mol. The highest BCUT2D eigenvalue weighted by Crippen LogP contribution is 2.35. The van der Waals surface area contributed by atoms with Gasteiger partial charge in [0, 0.05) is 18.8 Å². The number of aryl methyl sites for hydroxylation is 1. The lowest BCUT2D eigenvalue weighted by Gasteiger charge is -2.22. The lowest BCUT2D eigenvalue weighted by molar-refractivity contribution is 0.0601. The number of sulfonamides is 1. The number of hydrogen-bond acceptors (Lipinski definition) is 9. The van der Waals surface area contributed by atoms with Gasteiger partial charge in [-0.1, -0.05) is 29.0 Å². The molecule has 1 aromatic heterocycles. The Morgan fingerprint density at radius 2 is 1.76 bits per heavy atom. The number of benzene rings is 3. The van der Waals surface area contributed by atoms with Gasteiger partial charge in [0.1, 0.15) is 5.69 Å². The van der Waals surface area contributed by atoms with Crippen LogP contribution in [0.15, 0.2) is 75.8 Å². The van der Waals surface area contributed by atoms with Crippen molar-refractivity contribution >= 4 is 59.7 Å². The molecule has 0 aliphatic heterocycles. The summed E-state index contributed by atoms with van der Waals surface area (Å²) in [5, 5.41) is 8.96. The molecule has 4 rings (SSSR count). The first-order valence-electron chi connectivity index (χ1n) is 11.6. The Hall–Kier alpha value is -3.83. The zero-order valence-electron chi connectivity index (χ0n) is 20.9. The molecule has 3 aromatic carbocycles. The summed E-state index contributed by atoms with van der Waals surface area (Å²) in [6.45, 7) is 7.49. The Kier molecular flexibility index (Phi) is 7.84. The van der Waals surface area contributed by atoms with Gasteiger partial charge in [-0.25, -0.2) is 18.2 Å². The molecular formula is C26H27N5O4S2. The molecule has 4 aromatic rings. The Labute approximate surface area is 219 Å². The minimum absolute atomic E-state index is 0.154. The Morgan fingerprint density at radius 3 is 2.43 bits per heavy atom. The fourth-order valence-corrected chi connectivity index (χ4v) is 5.59. The highest BCUT2D eigenvalue weighted by molar-refractivity contribution is 7.92. The number of thiazole rings is 1. The van der Waals surface area contributed by atoms with Crippen molar-refractivity contribution in [3.05, 3.63) is 71.8 Å². The number of fused-ring (bicyclic) bond motifs is 1. The van der Waals surface area contributed by atoms with Crippen molar-refractivity contribution in [2.24, 2.45) is 10.2 Å². The van der Waals surface area contributed by atoms with E-state index >= 15 is 0 Å². The van der Waals surface area contributed by atoms with Crippen LogP contribution in [0.5, 0.6) is 0 Å². The highest BCUT2D eigenvalue weighted by atomic mass is 32.2. The number of rotatable bonds is 9. The van der Waals surface area contributed by atoms with Gasteiger partial charge in [0.15, 0.2) is 0 Å². The molecule has 0 bridgehead atoms. The molecule has 1 N–H and O–H groups in total. The number of nitrogens with zero attached hydrogens (tertiary/aromatic N) is 4. The minimum atomic E-state index is -3.85. The number of carbonyl (C=O) groups is 1. The van der Waals surface area contributed by atoms with Crippen molar-refractivity contribution in [2.45, 2.75) is 25.7 Å². The van der Waals surface area contributed by atoms with Crippen molar-refractivity contribution < 1.29 is 17.9 Å². The predicted octanol–water partition coefficient (Wildman–Crippen LogP) is 6.45. The zero-order valence-corrected chi connectivity index (χ0v) is 22.6. The highest BCUT2D eigenvalue weighted by Gasteiger charge is 2.18. The van der Waals surface area contributed by atoms with E-state index in [1.807, 2.05) is 26.8 Å². The van der Waals surface area contributed by atoms with Crippen LogP contribution in [-0.4, -0.2) is 39.6 Å². The van der Waals surface area contributed by atoms with E-state index in [1.165, 1.54) is 18.4 Å². The third kappa shape index (κ3) is 5.95. The van der Waals surface area contributed by atoms with Crippen LogP contribution in [-0.2, 0) is 14.8 Å². The van der Waals surface area contributed by atoms with Gasteiger partial charge in [-0.3, -0.25) is 4.72 Å². The summed E-state index contributed by atoms with van der Waals surface area (Å²) >= 11 is 1.26. The van der Waals surface area contributed by atoms with Crippen LogP contribution in [0.1, 0.15) is 29.8 Å². The predicted molar refractivity (Wildman–Crippen MR) is 147 cm³/mol. The second-order valence-corrected chi connectivity index (χ2v) is 10.9. The largest absolute Gasteiger partial charge is 0.465 e. The van der Waals surface area contributed by atoms with Gasteiger partial charge in [-0.2, -0.15) is 0 Å². The van der Waals surface area contributed by atoms with E-state index in [2.05, 4.69) is 24.8 Å². The van der Waals surface area contributed by atoms with Gasteiger partial charge in [-0.05, 0) is 69.3 Å². The molecule has 192 valence electrons. The molecule has 0 saturated heterocycles. The molecular weight excluding hydrogens is 510 g/mol. The number of anilines is 2. The SMILES string of the molecule is CCN(CC)c1ccc(N=Nc2nc3ccc(C(=O)OC)cc3s2)c(NS(=O)(=O)c2ccc(C)cc2)c1. The third-order valence-corrected chi connectivity index (χ3v) is 8.01. The van der Waals surface area contributed by atoms with Crippen LogP contribution in [0.4, 0.5) is 22.2 Å². The van der Waals surface area contributed by atoms with E-state index in [0.29, 0.717) is 27.6 Å². The van der Waals surface area contributed by atoms with Crippen LogP contribution >= 0.6 is 11.3 Å². The molecule has 0 unspecified atom stereocenters. The second-order valence-electron chi connectivity index (χ2n) is 8.16. The maximum Gasteiger partial charge on any atom is 0.337 e. The van der Waals surface area contributed by atoms with Crippen LogP contribution in [0.25, 0.3) is 10.2 Å². The van der Waals surface area contributed by atoms with E-state index in [-0.39, 0.29) is 4.90 Å². The van der Waals surface area contributed by atoms with Crippen molar-refractivity contribution in [1.29, 1.82) is 0 Å². The fraction of sp³-hybridized carbons (Fsp3) is 0.231. The van der Waals surface area contributed by atoms with E-state index in [4.69, 9.17) is 4.74 Å². The number of aromatic nitrogens is 1. The molecule has 0 atom stereocenters. The van der Waals surface area contributed by atoms with Crippen molar-refractivity contribution in [3.8, 4) is 0 Å². The summed E-state index contributed by atoms with van der Waals surface area (Å²) < 4.78 is 34.5. The first-order chi connectivity index (χ1) is 17.7. The third-order valence-electron chi connectivity index (χ3n) is 5.73. The molecule has 37 heavy (non-hydrogen) atoms. The maximum absolute atomic E-state index is 13.1. The summed E-state index contributed by atoms with van der Waals surface area (Å²) in [6, 6.07) is 17.1. The lowest BCUT2D eigenvalue weighted by atomic mass is 10.2. The molecule has 0 amide bonds. The van der Waals surface area contributed by atoms with Gasteiger partial charge in [0.25, 0.3) is 10.0 Å². The quantitative estimate of drug-likeness (QED) is 0.194. The molecule has 0 saturated carbocycles. The molecule has 0 radical (unpaired) electrons. The number of hydrogen-bond donors (Lipinski definition) is 1. The number of azo groups is 1. The van der Waals surface area contributed by atoms with E-state index in [0.717, 1.165) is 29.0 Å². The maximum atomic E-state index is 13.1. The van der Waals surface area contributed by atoms with Crippen LogP contribution in [0.2, 0.25) is 0 Å². The Morgan fingerprint density at radius 1 is 1.03 bits per heavy atom. The summed E-state index contributed by atoms with van der Waals surface area (Å²) in [6.07, 6.45) is 0. The number of esters is 1. The first kappa shape index (κ1) is 26.2. The smallest absolute Gasteiger partial charge is 0.337 e. The van der Waals surface area contributed by atoms with Crippen LogP contribution in [0.3, 0.4) is 0 Å². The van der Waals surface area contributed by atoms with Gasteiger partial charge in [-0.15, -0.1) is 10.2 Å². The zero-order chi connectivity index (χ0) is 26.6. The number of ether oxygens (including phenoxy) is 1. The van der Waals surface area contributed by atoms with E-state index in [9.17, 15) is 13.2 Å². The van der Waals surface area contributed by atoms with Gasteiger partial charge in [0.05, 0.1) is 33.5 Å². The van der Waals surface area contributed by atoms with Crippen LogP contribution in [0, 0.1) is 6.92 Å². The lowest BCUT2D eigenvalue weighted by Crippen LogP contribution is -2.22. The fourth-order valence-electron chi connectivity index (χ4n) is 3.70. The topological polar surface area (TPSA) is 113 Å². The molecule has 0 spiro atoms. The number of carbonyl (C=O) groups excluding carboxylic acids is 1. The summed E-state index contributed by atoms with van der Waals surface area (Å²) in [5.41, 5.74) is 3.57. The second kappa shape index (κ2) is 11.1. The molecule has 11 heteroatoms. The average Bonchev–Trinajstić information content (AvgIpc) is 3.30. The van der Waals surface area contributed by atoms with Crippen molar-refractivity contribution in [1.82, 2.24) is 4.98 Å². The molecule has 9 nitrogen and oxygen atoms in total. The van der Waals surface area contributed by atoms with Gasteiger partial charge >= 0.3 is 5.97 Å². The Bertz CT molecular complexity index is 1560. The van der Waals surface area contributed by atoms with Gasteiger partial charge < -0.3 is 9.64 Å². The molecule has 0 aliphatic rings. The molecule has 0 fully saturated rings. The molecule has 0 aliphatic carbocycles. The van der Waals surface area contributed by atoms with E-state index < -0.39 is 16.0 Å². The summed E-state index contributed by atoms with van der Waals surface area (Å²) in [5.74, 6) is -0.433. The van der Waals surface area contributed by atoms with Crippen LogP contribution < -0.4 is 9.62 Å². The number of methoxy groups -OCH3 is 1. The monoisotopic (exact) mass is 537 g/mol. The first-order valence-corrected chi connectivity index (χ1v) is 13.9. The Balaban J connectivity index is 1.70. The van der Waals surface area contributed by atoms with Gasteiger partial charge in [0.2, 0.25) is 5.13 Å². The summed E-state index contributed by atoms with van der Waals surface area (Å²) in [7, 11) is -2.53. The van der Waals surface area contributed by atoms with Crippen molar-refractivity contribution in [2.75, 3.05) is 29.8 Å². The number of nitrogens with one attached hydrogen (secondary N) is 1. The summed E-state index contributed by atoms with van der Waals surface area (Å²) in [4.78, 5) is 18.5. The standard InChI is InChI=1S/C26H27N5O4S2/c1-5-31(6-2)19-10-14-21(23(16-19)30-37(33,34)20-11-7-17(3)8-12-20)28-29-26-27-22-13-9-18(25(32)35-4)15-24(22)36-26/h7-16,30H,5-6H2,1-4H3. The van der Waals surface area contributed by atoms with E-state index in [1.54, 1.807) is 54.6 Å². The normalized spacial score (nSPS) is 11.7. The minimum Gasteiger partial charge on any atom is -0.465 e. The molecule has 1 heterocycles. The van der Waals surface area contributed by atoms with Crippen molar-refractivity contribution in [3.63, 3.8) is 0 Å².